The van der Waals surface area contributed by atoms with Crippen LogP contribution in [0.5, 0.6) is 11.5 Å². The SMILES string of the molecule is CCOc1ccccc1C(=O)N1CCN(c2cccc(OC)c2)CC1. The van der Waals surface area contributed by atoms with Gasteiger partial charge in [0.25, 0.3) is 5.91 Å². The second-order valence-electron chi connectivity index (χ2n) is 5.91. The Morgan fingerprint density at radius 3 is 2.52 bits per heavy atom. The fourth-order valence-corrected chi connectivity index (χ4v) is 3.07. The minimum Gasteiger partial charge on any atom is -0.497 e. The molecular weight excluding hydrogens is 316 g/mol. The number of hydrogen-bond acceptors (Lipinski definition) is 4. The standard InChI is InChI=1S/C20H24N2O3/c1-3-25-19-10-5-4-9-18(19)20(23)22-13-11-21(12-14-22)16-7-6-8-17(15-16)24-2/h4-10,15H,3,11-14H2,1-2H3. The minimum atomic E-state index is 0.0364. The Balaban J connectivity index is 1.67. The summed E-state index contributed by atoms with van der Waals surface area (Å²) in [6, 6.07) is 15.5. The van der Waals surface area contributed by atoms with Gasteiger partial charge in [-0.05, 0) is 31.2 Å². The van der Waals surface area contributed by atoms with Crippen LogP contribution in [0.3, 0.4) is 0 Å². The molecule has 1 heterocycles. The summed E-state index contributed by atoms with van der Waals surface area (Å²) < 4.78 is 10.9. The number of para-hydroxylation sites is 1. The maximum absolute atomic E-state index is 12.8. The number of carbonyl (C=O) groups excluding carboxylic acids is 1. The molecule has 2 aromatic rings. The number of ether oxygens (including phenoxy) is 2. The average molecular weight is 340 g/mol. The minimum absolute atomic E-state index is 0.0364. The Morgan fingerprint density at radius 1 is 1.04 bits per heavy atom. The third-order valence-corrected chi connectivity index (χ3v) is 4.40. The number of methoxy groups -OCH3 is 1. The van der Waals surface area contributed by atoms with Crippen LogP contribution in [0.4, 0.5) is 5.69 Å². The molecule has 0 bridgehead atoms. The highest BCUT2D eigenvalue weighted by Gasteiger charge is 2.24. The van der Waals surface area contributed by atoms with Gasteiger partial charge in [0.2, 0.25) is 0 Å². The molecule has 1 aliphatic heterocycles. The van der Waals surface area contributed by atoms with Crippen LogP contribution in [0.15, 0.2) is 48.5 Å². The van der Waals surface area contributed by atoms with Gasteiger partial charge in [-0.25, -0.2) is 0 Å². The van der Waals surface area contributed by atoms with Gasteiger partial charge in [0.15, 0.2) is 0 Å². The lowest BCUT2D eigenvalue weighted by atomic mass is 10.1. The molecule has 0 aromatic heterocycles. The monoisotopic (exact) mass is 340 g/mol. The Kier molecular flexibility index (Phi) is 5.43. The van der Waals surface area contributed by atoms with E-state index >= 15 is 0 Å². The normalized spacial score (nSPS) is 14.3. The first-order valence-electron chi connectivity index (χ1n) is 8.63. The van der Waals surface area contributed by atoms with Crippen LogP contribution in [-0.4, -0.2) is 50.7 Å². The van der Waals surface area contributed by atoms with Gasteiger partial charge < -0.3 is 19.3 Å². The smallest absolute Gasteiger partial charge is 0.257 e. The summed E-state index contributed by atoms with van der Waals surface area (Å²) in [6.45, 7) is 5.46. The van der Waals surface area contributed by atoms with Gasteiger partial charge in [-0.15, -0.1) is 0 Å². The van der Waals surface area contributed by atoms with E-state index in [9.17, 15) is 4.79 Å². The molecule has 1 aliphatic rings. The van der Waals surface area contributed by atoms with Gasteiger partial charge in [-0.3, -0.25) is 4.79 Å². The molecule has 1 fully saturated rings. The van der Waals surface area contributed by atoms with E-state index in [4.69, 9.17) is 9.47 Å². The van der Waals surface area contributed by atoms with Crippen LogP contribution in [-0.2, 0) is 0 Å². The number of carbonyl (C=O) groups is 1. The van der Waals surface area contributed by atoms with Gasteiger partial charge in [-0.2, -0.15) is 0 Å². The summed E-state index contributed by atoms with van der Waals surface area (Å²) in [5.74, 6) is 1.54. The number of anilines is 1. The van der Waals surface area contributed by atoms with Crippen molar-refractivity contribution in [2.24, 2.45) is 0 Å². The Hall–Kier alpha value is -2.69. The van der Waals surface area contributed by atoms with E-state index in [1.807, 2.05) is 54.3 Å². The molecule has 0 saturated carbocycles. The predicted molar refractivity (Wildman–Crippen MR) is 98.7 cm³/mol. The van der Waals surface area contributed by atoms with Crippen LogP contribution < -0.4 is 14.4 Å². The van der Waals surface area contributed by atoms with E-state index in [0.717, 1.165) is 24.5 Å². The Labute approximate surface area is 148 Å². The average Bonchev–Trinajstić information content (AvgIpc) is 2.68. The Bertz CT molecular complexity index is 724. The predicted octanol–water partition coefficient (Wildman–Crippen LogP) is 3.06. The number of rotatable bonds is 5. The first kappa shape index (κ1) is 17.1. The van der Waals surface area contributed by atoms with E-state index in [1.54, 1.807) is 7.11 Å². The van der Waals surface area contributed by atoms with Crippen LogP contribution in [0.1, 0.15) is 17.3 Å². The molecule has 132 valence electrons. The van der Waals surface area contributed by atoms with Crippen molar-refractivity contribution in [3.63, 3.8) is 0 Å². The molecule has 0 radical (unpaired) electrons. The lowest BCUT2D eigenvalue weighted by molar-refractivity contribution is 0.0742. The van der Waals surface area contributed by atoms with E-state index in [-0.39, 0.29) is 5.91 Å². The molecule has 1 amide bonds. The van der Waals surface area contributed by atoms with Gasteiger partial charge in [0.05, 0.1) is 19.3 Å². The second kappa shape index (κ2) is 7.92. The van der Waals surface area contributed by atoms with Crippen molar-refractivity contribution in [2.45, 2.75) is 6.92 Å². The largest absolute Gasteiger partial charge is 0.497 e. The molecule has 1 saturated heterocycles. The van der Waals surface area contributed by atoms with Crippen molar-refractivity contribution in [1.82, 2.24) is 4.90 Å². The molecule has 2 aromatic carbocycles. The van der Waals surface area contributed by atoms with Crippen molar-refractivity contribution in [3.05, 3.63) is 54.1 Å². The summed E-state index contributed by atoms with van der Waals surface area (Å²) in [4.78, 5) is 17.0. The van der Waals surface area contributed by atoms with Crippen molar-refractivity contribution in [2.75, 3.05) is 44.8 Å². The summed E-state index contributed by atoms with van der Waals surface area (Å²) in [5, 5.41) is 0. The molecule has 0 N–H and O–H groups in total. The van der Waals surface area contributed by atoms with E-state index in [0.29, 0.717) is 31.0 Å². The number of piperazine rings is 1. The number of nitrogens with zero attached hydrogens (tertiary/aromatic N) is 2. The third kappa shape index (κ3) is 3.87. The molecule has 3 rings (SSSR count). The van der Waals surface area contributed by atoms with Crippen molar-refractivity contribution in [1.29, 1.82) is 0 Å². The zero-order chi connectivity index (χ0) is 17.6. The number of hydrogen-bond donors (Lipinski definition) is 0. The lowest BCUT2D eigenvalue weighted by Gasteiger charge is -2.36. The van der Waals surface area contributed by atoms with Crippen molar-refractivity contribution < 1.29 is 14.3 Å². The quantitative estimate of drug-likeness (QED) is 0.839. The van der Waals surface area contributed by atoms with Gasteiger partial charge in [-0.1, -0.05) is 18.2 Å². The van der Waals surface area contributed by atoms with Crippen LogP contribution in [0.25, 0.3) is 0 Å². The lowest BCUT2D eigenvalue weighted by Crippen LogP contribution is -2.48. The van der Waals surface area contributed by atoms with E-state index in [2.05, 4.69) is 11.0 Å². The first-order chi connectivity index (χ1) is 12.2. The molecule has 0 atom stereocenters. The highest BCUT2D eigenvalue weighted by molar-refractivity contribution is 5.97. The maximum Gasteiger partial charge on any atom is 0.257 e. The number of amides is 1. The molecular formula is C20H24N2O3. The maximum atomic E-state index is 12.8. The summed E-state index contributed by atoms with van der Waals surface area (Å²) in [5.41, 5.74) is 1.76. The first-order valence-corrected chi connectivity index (χ1v) is 8.63. The zero-order valence-corrected chi connectivity index (χ0v) is 14.8. The van der Waals surface area contributed by atoms with Crippen molar-refractivity contribution >= 4 is 11.6 Å². The zero-order valence-electron chi connectivity index (χ0n) is 14.8. The van der Waals surface area contributed by atoms with Crippen LogP contribution in [0.2, 0.25) is 0 Å². The molecule has 0 unspecified atom stereocenters. The Morgan fingerprint density at radius 2 is 1.80 bits per heavy atom. The van der Waals surface area contributed by atoms with E-state index < -0.39 is 0 Å². The van der Waals surface area contributed by atoms with Crippen LogP contribution >= 0.6 is 0 Å². The fraction of sp³-hybridized carbons (Fsp3) is 0.350. The summed E-state index contributed by atoms with van der Waals surface area (Å²) in [6.07, 6.45) is 0. The van der Waals surface area contributed by atoms with E-state index in [1.165, 1.54) is 0 Å². The van der Waals surface area contributed by atoms with Gasteiger partial charge in [0, 0.05) is 37.9 Å². The molecule has 0 spiro atoms. The molecule has 0 aliphatic carbocycles. The highest BCUT2D eigenvalue weighted by Crippen LogP contribution is 2.24. The fourth-order valence-electron chi connectivity index (χ4n) is 3.07. The highest BCUT2D eigenvalue weighted by atomic mass is 16.5. The third-order valence-electron chi connectivity index (χ3n) is 4.40. The molecule has 5 heteroatoms. The van der Waals surface area contributed by atoms with Crippen molar-refractivity contribution in [3.8, 4) is 11.5 Å². The number of benzene rings is 2. The summed E-state index contributed by atoms with van der Waals surface area (Å²) in [7, 11) is 1.67. The summed E-state index contributed by atoms with van der Waals surface area (Å²) >= 11 is 0. The molecule has 25 heavy (non-hydrogen) atoms. The topological polar surface area (TPSA) is 42.0 Å². The van der Waals surface area contributed by atoms with Gasteiger partial charge in [0.1, 0.15) is 11.5 Å². The van der Waals surface area contributed by atoms with Crippen LogP contribution in [0, 0.1) is 0 Å². The van der Waals surface area contributed by atoms with Gasteiger partial charge >= 0.3 is 0 Å². The molecule has 5 nitrogen and oxygen atoms in total. The second-order valence-corrected chi connectivity index (χ2v) is 5.91.